The number of halogens is 4. The van der Waals surface area contributed by atoms with E-state index in [9.17, 15) is 18.0 Å². The van der Waals surface area contributed by atoms with E-state index in [-0.39, 0.29) is 29.6 Å². The number of alkyl halides is 4. The molecule has 1 fully saturated rings. The molecule has 0 saturated heterocycles. The standard InChI is InChI=1S/C28H30ClF3N4O2/c1-33-27(37)18-8-13-24(26(15-18)38-2)34-14-4-5-21-16-22-23(35-20-11-9-19(29)10-12-20)6-3-7-25(22)36(21)17-28(30,31)32/h3,6-8,13,15-16,19-20,34-35H,9-12,14,17H2,1-2H3,(H,33,37). The van der Waals surface area contributed by atoms with Gasteiger partial charge in [-0.2, -0.15) is 13.2 Å². The molecule has 1 heterocycles. The molecular weight excluding hydrogens is 517 g/mol. The van der Waals surface area contributed by atoms with Crippen LogP contribution in [0.4, 0.5) is 24.5 Å². The third-order valence-electron chi connectivity index (χ3n) is 6.57. The lowest BCUT2D eigenvalue weighted by Gasteiger charge is -2.27. The van der Waals surface area contributed by atoms with E-state index in [1.165, 1.54) is 11.7 Å². The van der Waals surface area contributed by atoms with Gasteiger partial charge in [-0.05, 0) is 68.0 Å². The Morgan fingerprint density at radius 1 is 1.13 bits per heavy atom. The number of benzene rings is 2. The largest absolute Gasteiger partial charge is 0.495 e. The molecule has 0 atom stereocenters. The maximum Gasteiger partial charge on any atom is 0.406 e. The SMILES string of the molecule is CNC(=O)c1ccc(NCC#Cc2cc3c(NC4CCC(Cl)CC4)cccc3n2CC(F)(F)F)c(OC)c1. The molecule has 0 radical (unpaired) electrons. The molecule has 2 aromatic carbocycles. The Morgan fingerprint density at radius 2 is 1.89 bits per heavy atom. The number of aromatic nitrogens is 1. The van der Waals surface area contributed by atoms with E-state index in [1.54, 1.807) is 43.4 Å². The van der Waals surface area contributed by atoms with Crippen LogP contribution in [-0.4, -0.2) is 48.8 Å². The minimum absolute atomic E-state index is 0.163. The van der Waals surface area contributed by atoms with Crippen LogP contribution in [0.3, 0.4) is 0 Å². The molecule has 3 aromatic rings. The summed E-state index contributed by atoms with van der Waals surface area (Å²) < 4.78 is 47.0. The van der Waals surface area contributed by atoms with Gasteiger partial charge in [-0.3, -0.25) is 4.79 Å². The Kier molecular flexibility index (Phi) is 8.62. The Morgan fingerprint density at radius 3 is 2.58 bits per heavy atom. The van der Waals surface area contributed by atoms with E-state index < -0.39 is 12.7 Å². The van der Waals surface area contributed by atoms with E-state index >= 15 is 0 Å². The highest BCUT2D eigenvalue weighted by atomic mass is 35.5. The van der Waals surface area contributed by atoms with E-state index in [0.717, 1.165) is 31.4 Å². The van der Waals surface area contributed by atoms with Crippen molar-refractivity contribution < 1.29 is 22.7 Å². The average molecular weight is 547 g/mol. The van der Waals surface area contributed by atoms with E-state index in [4.69, 9.17) is 16.3 Å². The number of rotatable bonds is 7. The molecule has 1 aliphatic rings. The lowest BCUT2D eigenvalue weighted by atomic mass is 9.94. The second-order valence-corrected chi connectivity index (χ2v) is 9.83. The fourth-order valence-corrected chi connectivity index (χ4v) is 4.93. The van der Waals surface area contributed by atoms with Gasteiger partial charge < -0.3 is 25.3 Å². The van der Waals surface area contributed by atoms with Crippen molar-refractivity contribution in [2.24, 2.45) is 0 Å². The van der Waals surface area contributed by atoms with E-state index in [1.807, 2.05) is 6.07 Å². The monoisotopic (exact) mass is 546 g/mol. The summed E-state index contributed by atoms with van der Waals surface area (Å²) in [7, 11) is 3.03. The van der Waals surface area contributed by atoms with Gasteiger partial charge in [-0.25, -0.2) is 0 Å². The van der Waals surface area contributed by atoms with E-state index in [0.29, 0.717) is 27.9 Å². The predicted octanol–water partition coefficient (Wildman–Crippen LogP) is 6.00. The Balaban J connectivity index is 1.58. The fraction of sp³-hybridized carbons (Fsp3) is 0.393. The second-order valence-electron chi connectivity index (χ2n) is 9.21. The van der Waals surface area contributed by atoms with Gasteiger partial charge >= 0.3 is 6.18 Å². The molecule has 0 bridgehead atoms. The number of hydrogen-bond acceptors (Lipinski definition) is 4. The highest BCUT2D eigenvalue weighted by Crippen LogP contribution is 2.33. The van der Waals surface area contributed by atoms with Crippen LogP contribution >= 0.6 is 11.6 Å². The number of nitrogens with zero attached hydrogens (tertiary/aromatic N) is 1. The maximum absolute atomic E-state index is 13.5. The number of fused-ring (bicyclic) bond motifs is 1. The molecule has 1 amide bonds. The van der Waals surface area contributed by atoms with Crippen molar-refractivity contribution >= 4 is 39.8 Å². The topological polar surface area (TPSA) is 67.3 Å². The zero-order valence-electron chi connectivity index (χ0n) is 21.2. The summed E-state index contributed by atoms with van der Waals surface area (Å²) in [6.45, 7) is -0.973. The van der Waals surface area contributed by atoms with Gasteiger partial charge in [0.25, 0.3) is 5.91 Å². The van der Waals surface area contributed by atoms with Crippen LogP contribution in [0, 0.1) is 11.8 Å². The van der Waals surface area contributed by atoms with Crippen LogP contribution in [0.15, 0.2) is 42.5 Å². The van der Waals surface area contributed by atoms with Gasteiger partial charge in [0.2, 0.25) is 0 Å². The lowest BCUT2D eigenvalue weighted by molar-refractivity contribution is -0.140. The molecule has 0 aliphatic heterocycles. The number of anilines is 2. The molecule has 10 heteroatoms. The van der Waals surface area contributed by atoms with Crippen molar-refractivity contribution in [3.63, 3.8) is 0 Å². The first kappa shape index (κ1) is 27.5. The van der Waals surface area contributed by atoms with Gasteiger partial charge in [-0.15, -0.1) is 11.6 Å². The van der Waals surface area contributed by atoms with Crippen molar-refractivity contribution in [3.8, 4) is 17.6 Å². The van der Waals surface area contributed by atoms with Gasteiger partial charge in [0, 0.05) is 35.1 Å². The highest BCUT2D eigenvalue weighted by Gasteiger charge is 2.30. The van der Waals surface area contributed by atoms with Crippen LogP contribution in [0.1, 0.15) is 41.7 Å². The summed E-state index contributed by atoms with van der Waals surface area (Å²) in [5.41, 5.74) is 2.60. The Bertz CT molecular complexity index is 1350. The summed E-state index contributed by atoms with van der Waals surface area (Å²) in [5.74, 6) is 6.05. The van der Waals surface area contributed by atoms with Crippen LogP contribution in [0.5, 0.6) is 5.75 Å². The van der Waals surface area contributed by atoms with Crippen LogP contribution in [-0.2, 0) is 6.54 Å². The molecule has 1 aliphatic carbocycles. The molecule has 1 saturated carbocycles. The van der Waals surface area contributed by atoms with Crippen molar-refractivity contribution in [1.82, 2.24) is 9.88 Å². The number of amides is 1. The third kappa shape index (κ3) is 6.67. The highest BCUT2D eigenvalue weighted by molar-refractivity contribution is 6.20. The number of carbonyl (C=O) groups excluding carboxylic acids is 1. The molecule has 202 valence electrons. The minimum atomic E-state index is -4.40. The molecule has 3 N–H and O–H groups in total. The normalized spacial score (nSPS) is 17.4. The first-order chi connectivity index (χ1) is 18.2. The molecule has 6 nitrogen and oxygen atoms in total. The first-order valence-corrected chi connectivity index (χ1v) is 12.8. The lowest BCUT2D eigenvalue weighted by Crippen LogP contribution is -2.26. The molecule has 4 rings (SSSR count). The first-order valence-electron chi connectivity index (χ1n) is 12.4. The number of nitrogens with one attached hydrogen (secondary N) is 3. The maximum atomic E-state index is 13.5. The molecule has 38 heavy (non-hydrogen) atoms. The molecular formula is C28H30ClF3N4O2. The van der Waals surface area contributed by atoms with Crippen molar-refractivity contribution in [3.05, 3.63) is 53.7 Å². The number of carbonyl (C=O) groups is 1. The number of hydrogen-bond donors (Lipinski definition) is 3. The minimum Gasteiger partial charge on any atom is -0.495 e. The van der Waals surface area contributed by atoms with Gasteiger partial charge in [0.05, 0.1) is 30.6 Å². The summed E-state index contributed by atoms with van der Waals surface area (Å²) in [6, 6.07) is 12.2. The average Bonchev–Trinajstić information content (AvgIpc) is 3.24. The van der Waals surface area contributed by atoms with Crippen molar-refractivity contribution in [2.45, 2.75) is 49.8 Å². The van der Waals surface area contributed by atoms with Crippen molar-refractivity contribution in [2.75, 3.05) is 31.3 Å². The summed E-state index contributed by atoms with van der Waals surface area (Å²) in [5, 5.41) is 10.1. The summed E-state index contributed by atoms with van der Waals surface area (Å²) >= 11 is 6.23. The smallest absolute Gasteiger partial charge is 0.406 e. The number of methoxy groups -OCH3 is 1. The van der Waals surface area contributed by atoms with Crippen LogP contribution in [0.2, 0.25) is 0 Å². The molecule has 1 aromatic heterocycles. The number of ether oxygens (including phenoxy) is 1. The summed E-state index contributed by atoms with van der Waals surface area (Å²) in [4.78, 5) is 11.9. The Hall–Kier alpha value is -3.51. The fourth-order valence-electron chi connectivity index (χ4n) is 4.68. The molecule has 0 unspecified atom stereocenters. The van der Waals surface area contributed by atoms with Crippen molar-refractivity contribution in [1.29, 1.82) is 0 Å². The van der Waals surface area contributed by atoms with Gasteiger partial charge in [0.1, 0.15) is 12.3 Å². The van der Waals surface area contributed by atoms with Gasteiger partial charge in [-0.1, -0.05) is 12.0 Å². The third-order valence-corrected chi connectivity index (χ3v) is 7.01. The second kappa shape index (κ2) is 11.9. The zero-order chi connectivity index (χ0) is 27.3. The Labute approximate surface area is 224 Å². The van der Waals surface area contributed by atoms with Crippen LogP contribution in [0.25, 0.3) is 10.9 Å². The predicted molar refractivity (Wildman–Crippen MR) is 145 cm³/mol. The summed E-state index contributed by atoms with van der Waals surface area (Å²) in [6.07, 6.45) is -0.747. The quantitative estimate of drug-likeness (QED) is 0.251. The molecule has 0 spiro atoms. The van der Waals surface area contributed by atoms with E-state index in [2.05, 4.69) is 27.8 Å². The van der Waals surface area contributed by atoms with Gasteiger partial charge in [0.15, 0.2) is 0 Å². The van der Waals surface area contributed by atoms with Crippen LogP contribution < -0.4 is 20.7 Å². The zero-order valence-corrected chi connectivity index (χ0v) is 22.0.